The molecule has 0 unspecified atom stereocenters. The quantitative estimate of drug-likeness (QED) is 0.621. The highest BCUT2D eigenvalue weighted by Gasteiger charge is 2.31. The Hall–Kier alpha value is -1.74. The predicted octanol–water partition coefficient (Wildman–Crippen LogP) is 5.70. The summed E-state index contributed by atoms with van der Waals surface area (Å²) >= 11 is 1.67. The number of rotatable bonds is 6. The lowest BCUT2D eigenvalue weighted by atomic mass is 9.93. The van der Waals surface area contributed by atoms with E-state index in [9.17, 15) is 4.79 Å². The molecule has 1 aliphatic rings. The van der Waals surface area contributed by atoms with Gasteiger partial charge in [0.15, 0.2) is 0 Å². The van der Waals surface area contributed by atoms with Gasteiger partial charge in [-0.15, -0.1) is 11.8 Å². The summed E-state index contributed by atoms with van der Waals surface area (Å²) in [6.45, 7) is 2.91. The minimum absolute atomic E-state index is 0.175. The molecule has 0 saturated heterocycles. The second-order valence-electron chi connectivity index (χ2n) is 6.64. The van der Waals surface area contributed by atoms with Crippen molar-refractivity contribution in [2.45, 2.75) is 55.2 Å². The molecule has 1 saturated carbocycles. The summed E-state index contributed by atoms with van der Waals surface area (Å²) in [4.78, 5) is 16.8. The van der Waals surface area contributed by atoms with Crippen molar-refractivity contribution >= 4 is 17.7 Å². The molecule has 132 valence electrons. The van der Waals surface area contributed by atoms with Crippen molar-refractivity contribution in [3.63, 3.8) is 0 Å². The van der Waals surface area contributed by atoms with Crippen LogP contribution in [0.5, 0.6) is 0 Å². The fraction of sp³-hybridized carbons (Fsp3) is 0.409. The number of amides is 1. The zero-order chi connectivity index (χ0) is 17.5. The Balaban J connectivity index is 1.85. The molecule has 1 aliphatic carbocycles. The molecule has 3 heteroatoms. The first-order valence-corrected chi connectivity index (χ1v) is 10.2. The van der Waals surface area contributed by atoms with Gasteiger partial charge in [-0.2, -0.15) is 0 Å². The van der Waals surface area contributed by atoms with Gasteiger partial charge in [-0.05, 0) is 37.5 Å². The van der Waals surface area contributed by atoms with Crippen LogP contribution in [0.2, 0.25) is 0 Å². The van der Waals surface area contributed by atoms with Crippen molar-refractivity contribution in [1.29, 1.82) is 0 Å². The SMILES string of the molecule is CCN(C(=O)[C@@H](Sc1ccccc1)c1ccccc1)C1CCCCC1. The van der Waals surface area contributed by atoms with Crippen molar-refractivity contribution in [2.24, 2.45) is 0 Å². The molecule has 1 amide bonds. The first-order valence-electron chi connectivity index (χ1n) is 9.36. The van der Waals surface area contributed by atoms with Crippen LogP contribution in [0.15, 0.2) is 65.6 Å². The van der Waals surface area contributed by atoms with Crippen LogP contribution in [-0.4, -0.2) is 23.4 Å². The molecule has 0 bridgehead atoms. The van der Waals surface area contributed by atoms with Gasteiger partial charge in [-0.3, -0.25) is 4.79 Å². The van der Waals surface area contributed by atoms with Crippen LogP contribution in [0.4, 0.5) is 0 Å². The number of nitrogens with zero attached hydrogens (tertiary/aromatic N) is 1. The van der Waals surface area contributed by atoms with Crippen LogP contribution in [0.3, 0.4) is 0 Å². The van der Waals surface area contributed by atoms with E-state index in [0.717, 1.165) is 29.8 Å². The third-order valence-corrected chi connectivity index (χ3v) is 6.22. The first kappa shape index (κ1) is 18.1. The molecule has 0 spiro atoms. The molecule has 1 atom stereocenters. The maximum atomic E-state index is 13.5. The molecule has 0 aromatic heterocycles. The predicted molar refractivity (Wildman–Crippen MR) is 106 cm³/mol. The van der Waals surface area contributed by atoms with Crippen molar-refractivity contribution in [1.82, 2.24) is 4.90 Å². The topological polar surface area (TPSA) is 20.3 Å². The van der Waals surface area contributed by atoms with Gasteiger partial charge in [0.2, 0.25) is 5.91 Å². The second-order valence-corrected chi connectivity index (χ2v) is 7.82. The Morgan fingerprint density at radius 1 is 1.00 bits per heavy atom. The van der Waals surface area contributed by atoms with E-state index in [4.69, 9.17) is 0 Å². The average molecular weight is 354 g/mol. The number of thioether (sulfide) groups is 1. The molecule has 2 aromatic carbocycles. The maximum absolute atomic E-state index is 13.5. The molecular weight excluding hydrogens is 326 g/mol. The van der Waals surface area contributed by atoms with Gasteiger partial charge in [0.05, 0.1) is 0 Å². The largest absolute Gasteiger partial charge is 0.339 e. The molecule has 0 heterocycles. The molecular formula is C22H27NOS. The molecule has 2 aromatic rings. The highest BCUT2D eigenvalue weighted by Crippen LogP contribution is 2.38. The van der Waals surface area contributed by atoms with E-state index in [0.29, 0.717) is 6.04 Å². The summed E-state index contributed by atoms with van der Waals surface area (Å²) in [7, 11) is 0. The van der Waals surface area contributed by atoms with E-state index < -0.39 is 0 Å². The van der Waals surface area contributed by atoms with Crippen LogP contribution in [0, 0.1) is 0 Å². The molecule has 1 fully saturated rings. The summed E-state index contributed by atoms with van der Waals surface area (Å²) in [6.07, 6.45) is 6.10. The van der Waals surface area contributed by atoms with Gasteiger partial charge in [-0.25, -0.2) is 0 Å². The lowest BCUT2D eigenvalue weighted by molar-refractivity contribution is -0.133. The molecule has 0 radical (unpaired) electrons. The number of benzene rings is 2. The third-order valence-electron chi connectivity index (χ3n) is 4.96. The van der Waals surface area contributed by atoms with Gasteiger partial charge in [-0.1, -0.05) is 67.8 Å². The summed E-state index contributed by atoms with van der Waals surface area (Å²) < 4.78 is 0. The lowest BCUT2D eigenvalue weighted by Gasteiger charge is -2.36. The second kappa shape index (κ2) is 9.10. The van der Waals surface area contributed by atoms with Crippen molar-refractivity contribution in [3.8, 4) is 0 Å². The number of carbonyl (C=O) groups is 1. The van der Waals surface area contributed by atoms with E-state index in [1.807, 2.05) is 36.4 Å². The van der Waals surface area contributed by atoms with Crippen LogP contribution in [0.25, 0.3) is 0 Å². The standard InChI is InChI=1S/C22H27NOS/c1-2-23(19-14-8-4-9-15-19)22(24)21(18-12-6-3-7-13-18)25-20-16-10-5-11-17-20/h3,5-7,10-13,16-17,19,21H,2,4,8-9,14-15H2,1H3/t21-/m0/s1. The van der Waals surface area contributed by atoms with Gasteiger partial charge in [0.25, 0.3) is 0 Å². The Kier molecular flexibility index (Phi) is 6.57. The van der Waals surface area contributed by atoms with Crippen molar-refractivity contribution in [2.75, 3.05) is 6.54 Å². The highest BCUT2D eigenvalue weighted by atomic mass is 32.2. The third kappa shape index (κ3) is 4.66. The van der Waals surface area contributed by atoms with Gasteiger partial charge < -0.3 is 4.90 Å². The fourth-order valence-corrected chi connectivity index (χ4v) is 4.78. The summed E-state index contributed by atoms with van der Waals surface area (Å²) in [5.41, 5.74) is 1.09. The summed E-state index contributed by atoms with van der Waals surface area (Å²) in [5, 5.41) is -0.175. The zero-order valence-electron chi connectivity index (χ0n) is 14.9. The average Bonchev–Trinajstić information content (AvgIpc) is 2.69. The number of likely N-dealkylation sites (N-methyl/N-ethyl adjacent to an activating group) is 1. The van der Waals surface area contributed by atoms with Crippen molar-refractivity contribution in [3.05, 3.63) is 66.2 Å². The Labute approximate surface area is 155 Å². The molecule has 2 nitrogen and oxygen atoms in total. The number of hydrogen-bond acceptors (Lipinski definition) is 2. The number of hydrogen-bond donors (Lipinski definition) is 0. The van der Waals surface area contributed by atoms with E-state index in [2.05, 4.69) is 36.1 Å². The van der Waals surface area contributed by atoms with E-state index >= 15 is 0 Å². The van der Waals surface area contributed by atoms with Crippen LogP contribution in [-0.2, 0) is 4.79 Å². The van der Waals surface area contributed by atoms with Crippen LogP contribution < -0.4 is 0 Å². The van der Waals surface area contributed by atoms with Crippen LogP contribution in [0.1, 0.15) is 49.8 Å². The van der Waals surface area contributed by atoms with E-state index in [-0.39, 0.29) is 11.2 Å². The smallest absolute Gasteiger partial charge is 0.240 e. The molecule has 0 aliphatic heterocycles. The molecule has 0 N–H and O–H groups in total. The number of carbonyl (C=O) groups excluding carboxylic acids is 1. The minimum atomic E-state index is -0.175. The minimum Gasteiger partial charge on any atom is -0.339 e. The Morgan fingerprint density at radius 3 is 2.20 bits per heavy atom. The normalized spacial score (nSPS) is 16.4. The molecule has 3 rings (SSSR count). The van der Waals surface area contributed by atoms with E-state index in [1.54, 1.807) is 11.8 Å². The molecule has 25 heavy (non-hydrogen) atoms. The Morgan fingerprint density at radius 2 is 1.60 bits per heavy atom. The first-order chi connectivity index (χ1) is 12.3. The summed E-state index contributed by atoms with van der Waals surface area (Å²) in [6, 6.07) is 20.9. The van der Waals surface area contributed by atoms with Gasteiger partial charge in [0.1, 0.15) is 5.25 Å². The maximum Gasteiger partial charge on any atom is 0.240 e. The Bertz CT molecular complexity index is 652. The highest BCUT2D eigenvalue weighted by molar-refractivity contribution is 8.00. The van der Waals surface area contributed by atoms with Crippen LogP contribution >= 0.6 is 11.8 Å². The van der Waals surface area contributed by atoms with Gasteiger partial charge in [0, 0.05) is 17.5 Å². The summed E-state index contributed by atoms with van der Waals surface area (Å²) in [5.74, 6) is 0.259. The fourth-order valence-electron chi connectivity index (χ4n) is 3.66. The lowest BCUT2D eigenvalue weighted by Crippen LogP contribution is -2.43. The monoisotopic (exact) mass is 353 g/mol. The van der Waals surface area contributed by atoms with E-state index in [1.165, 1.54) is 19.3 Å². The van der Waals surface area contributed by atoms with Crippen molar-refractivity contribution < 1.29 is 4.79 Å². The zero-order valence-corrected chi connectivity index (χ0v) is 15.8. The van der Waals surface area contributed by atoms with Gasteiger partial charge >= 0.3 is 0 Å².